The predicted octanol–water partition coefficient (Wildman–Crippen LogP) is 7.43. The second-order valence-corrected chi connectivity index (χ2v) is 7.92. The maximum absolute atomic E-state index is 13.1. The molecule has 1 rings (SSSR count). The first kappa shape index (κ1) is 26.1. The summed E-state index contributed by atoms with van der Waals surface area (Å²) in [5.74, 6) is -0.320. The molecule has 1 aromatic rings. The lowest BCUT2D eigenvalue weighted by Gasteiger charge is -2.10. The second kappa shape index (κ2) is 17.9. The van der Waals surface area contributed by atoms with Crippen molar-refractivity contribution in [2.45, 2.75) is 96.4 Å². The number of benzene rings is 1. The number of carbonyl (C=O) groups is 1. The molecular formula is C26H40FNO2. The molecule has 0 saturated heterocycles. The highest BCUT2D eigenvalue weighted by atomic mass is 19.1. The number of carbonyl (C=O) groups excluding carboxylic acids is 1. The van der Waals surface area contributed by atoms with Crippen molar-refractivity contribution >= 4 is 12.2 Å². The molecule has 0 heterocycles. The highest BCUT2D eigenvalue weighted by Crippen LogP contribution is 2.14. The van der Waals surface area contributed by atoms with E-state index in [9.17, 15) is 9.18 Å². The van der Waals surface area contributed by atoms with Gasteiger partial charge in [-0.3, -0.25) is 9.79 Å². The van der Waals surface area contributed by atoms with Gasteiger partial charge in [0.1, 0.15) is 5.82 Å². The fourth-order valence-electron chi connectivity index (χ4n) is 3.34. The first-order valence-electron chi connectivity index (χ1n) is 11.7. The van der Waals surface area contributed by atoms with E-state index < -0.39 is 0 Å². The van der Waals surface area contributed by atoms with Crippen LogP contribution in [-0.2, 0) is 9.53 Å². The number of ether oxygens (including phenoxy) is 1. The van der Waals surface area contributed by atoms with Gasteiger partial charge in [-0.1, -0.05) is 76.2 Å². The number of hydrogen-bond donors (Lipinski definition) is 0. The zero-order valence-electron chi connectivity index (χ0n) is 19.0. The minimum absolute atomic E-state index is 0.107. The topological polar surface area (TPSA) is 38.7 Å². The largest absolute Gasteiger partial charge is 0.469 e. The van der Waals surface area contributed by atoms with E-state index in [1.165, 1.54) is 64.2 Å². The van der Waals surface area contributed by atoms with E-state index in [-0.39, 0.29) is 11.8 Å². The van der Waals surface area contributed by atoms with Gasteiger partial charge in [-0.25, -0.2) is 4.39 Å². The molecular weight excluding hydrogens is 377 g/mol. The Balaban J connectivity index is 2.28. The van der Waals surface area contributed by atoms with Crippen LogP contribution in [0.15, 0.2) is 41.4 Å². The standard InChI is InChI=1S/C26H40FNO2/c1-3-4-5-12-15-25(28-22-23-18-20-24(27)21-19-23)16-13-10-8-6-7-9-11-14-17-26(29)30-2/h10,13,18-22,25H,3-9,11-12,14-17H2,1-2H3/b13-10-,28-22?. The summed E-state index contributed by atoms with van der Waals surface area (Å²) >= 11 is 0. The lowest BCUT2D eigenvalue weighted by Crippen LogP contribution is -2.04. The number of allylic oxidation sites excluding steroid dienone is 1. The Kier molecular flexibility index (Phi) is 15.5. The number of hydrogen-bond acceptors (Lipinski definition) is 3. The number of methoxy groups -OCH3 is 1. The molecule has 0 N–H and O–H groups in total. The zero-order valence-corrected chi connectivity index (χ0v) is 19.0. The summed E-state index contributed by atoms with van der Waals surface area (Å²) in [6, 6.07) is 6.79. The minimum atomic E-state index is -0.213. The quantitative estimate of drug-likeness (QED) is 0.114. The van der Waals surface area contributed by atoms with Crippen LogP contribution in [-0.4, -0.2) is 25.3 Å². The van der Waals surface area contributed by atoms with Gasteiger partial charge in [-0.2, -0.15) is 0 Å². The Morgan fingerprint density at radius 1 is 1.00 bits per heavy atom. The highest BCUT2D eigenvalue weighted by molar-refractivity contribution is 5.79. The third-order valence-corrected chi connectivity index (χ3v) is 5.25. The van der Waals surface area contributed by atoms with E-state index in [0.717, 1.165) is 37.7 Å². The molecule has 0 spiro atoms. The fraction of sp³-hybridized carbons (Fsp3) is 0.615. The summed E-state index contributed by atoms with van der Waals surface area (Å²) in [6.07, 6.45) is 20.7. The molecule has 1 unspecified atom stereocenters. The third kappa shape index (κ3) is 14.1. The lowest BCUT2D eigenvalue weighted by atomic mass is 10.0. The van der Waals surface area contributed by atoms with Crippen LogP contribution in [0.2, 0.25) is 0 Å². The first-order chi connectivity index (χ1) is 14.7. The smallest absolute Gasteiger partial charge is 0.305 e. The Bertz CT molecular complexity index is 610. The average Bonchev–Trinajstić information content (AvgIpc) is 2.76. The predicted molar refractivity (Wildman–Crippen MR) is 125 cm³/mol. The van der Waals surface area contributed by atoms with Crippen molar-refractivity contribution in [1.29, 1.82) is 0 Å². The van der Waals surface area contributed by atoms with Gasteiger partial charge < -0.3 is 4.74 Å². The van der Waals surface area contributed by atoms with E-state index in [4.69, 9.17) is 4.99 Å². The molecule has 0 aliphatic heterocycles. The van der Waals surface area contributed by atoms with E-state index in [1.54, 1.807) is 12.1 Å². The molecule has 0 amide bonds. The monoisotopic (exact) mass is 417 g/mol. The van der Waals surface area contributed by atoms with E-state index in [0.29, 0.717) is 12.5 Å². The molecule has 1 aromatic carbocycles. The molecule has 4 heteroatoms. The van der Waals surface area contributed by atoms with Gasteiger partial charge in [0.2, 0.25) is 0 Å². The van der Waals surface area contributed by atoms with Gasteiger partial charge in [0.05, 0.1) is 13.2 Å². The number of esters is 1. The van der Waals surface area contributed by atoms with Gasteiger partial charge in [-0.15, -0.1) is 0 Å². The van der Waals surface area contributed by atoms with Crippen LogP contribution in [0.5, 0.6) is 0 Å². The molecule has 0 bridgehead atoms. The maximum atomic E-state index is 13.1. The van der Waals surface area contributed by atoms with Gasteiger partial charge in [0, 0.05) is 12.6 Å². The summed E-state index contributed by atoms with van der Waals surface area (Å²) in [5, 5.41) is 0. The van der Waals surface area contributed by atoms with Crippen molar-refractivity contribution in [3.8, 4) is 0 Å². The molecule has 0 aromatic heterocycles. The summed E-state index contributed by atoms with van der Waals surface area (Å²) < 4.78 is 17.7. The normalized spacial score (nSPS) is 12.6. The van der Waals surface area contributed by atoms with E-state index in [1.807, 2.05) is 6.21 Å². The van der Waals surface area contributed by atoms with E-state index in [2.05, 4.69) is 23.8 Å². The molecule has 0 aliphatic rings. The maximum Gasteiger partial charge on any atom is 0.305 e. The van der Waals surface area contributed by atoms with Crippen molar-refractivity contribution in [1.82, 2.24) is 0 Å². The summed E-state index contributed by atoms with van der Waals surface area (Å²) in [5.41, 5.74) is 0.950. The zero-order chi connectivity index (χ0) is 21.9. The van der Waals surface area contributed by atoms with Crippen LogP contribution in [0, 0.1) is 5.82 Å². The summed E-state index contributed by atoms with van der Waals surface area (Å²) in [7, 11) is 1.44. The van der Waals surface area contributed by atoms with Crippen LogP contribution in [0.1, 0.15) is 96.0 Å². The van der Waals surface area contributed by atoms with Crippen LogP contribution in [0.3, 0.4) is 0 Å². The van der Waals surface area contributed by atoms with Gasteiger partial charge in [0.15, 0.2) is 0 Å². The van der Waals surface area contributed by atoms with Gasteiger partial charge in [-0.05, 0) is 49.8 Å². The van der Waals surface area contributed by atoms with Crippen molar-refractivity contribution in [3.05, 3.63) is 47.8 Å². The minimum Gasteiger partial charge on any atom is -0.469 e. The van der Waals surface area contributed by atoms with Crippen LogP contribution >= 0.6 is 0 Å². The molecule has 0 radical (unpaired) electrons. The van der Waals surface area contributed by atoms with Crippen molar-refractivity contribution < 1.29 is 13.9 Å². The average molecular weight is 418 g/mol. The Morgan fingerprint density at radius 3 is 2.43 bits per heavy atom. The highest BCUT2D eigenvalue weighted by Gasteiger charge is 2.04. The summed E-state index contributed by atoms with van der Waals surface area (Å²) in [6.45, 7) is 2.23. The second-order valence-electron chi connectivity index (χ2n) is 7.92. The number of nitrogens with zero attached hydrogens (tertiary/aromatic N) is 1. The fourth-order valence-corrected chi connectivity index (χ4v) is 3.34. The Morgan fingerprint density at radius 2 is 1.70 bits per heavy atom. The Hall–Kier alpha value is -1.97. The van der Waals surface area contributed by atoms with Crippen molar-refractivity contribution in [3.63, 3.8) is 0 Å². The molecule has 168 valence electrons. The van der Waals surface area contributed by atoms with Crippen molar-refractivity contribution in [2.75, 3.05) is 7.11 Å². The Labute approximate surface area is 182 Å². The molecule has 0 saturated carbocycles. The molecule has 3 nitrogen and oxygen atoms in total. The molecule has 0 fully saturated rings. The van der Waals surface area contributed by atoms with Crippen LogP contribution in [0.25, 0.3) is 0 Å². The SMILES string of the molecule is CCCCCCC(C/C=C\CCCCCCCC(=O)OC)N=Cc1ccc(F)cc1. The van der Waals surface area contributed by atoms with Crippen LogP contribution < -0.4 is 0 Å². The molecule has 1 atom stereocenters. The molecule has 30 heavy (non-hydrogen) atoms. The number of halogens is 1. The first-order valence-corrected chi connectivity index (χ1v) is 11.7. The van der Waals surface area contributed by atoms with Gasteiger partial charge in [0.25, 0.3) is 0 Å². The van der Waals surface area contributed by atoms with Gasteiger partial charge >= 0.3 is 5.97 Å². The van der Waals surface area contributed by atoms with Crippen LogP contribution in [0.4, 0.5) is 4.39 Å². The number of rotatable bonds is 17. The molecule has 0 aliphatic carbocycles. The lowest BCUT2D eigenvalue weighted by molar-refractivity contribution is -0.140. The van der Waals surface area contributed by atoms with E-state index >= 15 is 0 Å². The van der Waals surface area contributed by atoms with Crippen molar-refractivity contribution in [2.24, 2.45) is 4.99 Å². The number of aliphatic imine (C=N–C) groups is 1. The summed E-state index contributed by atoms with van der Waals surface area (Å²) in [4.78, 5) is 15.8. The third-order valence-electron chi connectivity index (χ3n) is 5.25. The number of unbranched alkanes of at least 4 members (excludes halogenated alkanes) is 8.